The number of aliphatic imine (C=N–C) groups is 1. The molecule has 13 rings (SSSR count). The van der Waals surface area contributed by atoms with Gasteiger partial charge in [-0.15, -0.1) is 0 Å². The molecule has 1 unspecified atom stereocenters. The first-order chi connectivity index (χ1) is 31.3. The quantitative estimate of drug-likeness (QED) is 0.188. The van der Waals surface area contributed by atoms with Crippen LogP contribution in [0.25, 0.3) is 82.5 Å². The largest absolute Gasteiger partial charge is 0.344 e. The molecule has 0 saturated heterocycles. The fourth-order valence-electron chi connectivity index (χ4n) is 10.2. The van der Waals surface area contributed by atoms with Crippen molar-refractivity contribution in [2.45, 2.75) is 18.9 Å². The minimum Gasteiger partial charge on any atom is -0.344 e. The molecule has 5 heteroatoms. The zero-order valence-corrected chi connectivity index (χ0v) is 35.2. The van der Waals surface area contributed by atoms with Crippen molar-refractivity contribution < 1.29 is 0 Å². The molecule has 3 aliphatic rings. The Morgan fingerprint density at radius 3 is 1.90 bits per heavy atom. The average Bonchev–Trinajstić information content (AvgIpc) is 4.02. The highest BCUT2D eigenvalue weighted by Gasteiger charge is 2.39. The van der Waals surface area contributed by atoms with E-state index in [2.05, 4.69) is 221 Å². The molecule has 0 bridgehead atoms. The van der Waals surface area contributed by atoms with E-state index in [1.54, 1.807) is 0 Å². The molecule has 2 aromatic heterocycles. The fourth-order valence-corrected chi connectivity index (χ4v) is 11.6. The number of nitrogens with one attached hydrogen (secondary N) is 1. The predicted octanol–water partition coefficient (Wildman–Crippen LogP) is 14.4. The maximum Gasteiger partial charge on any atom is 0.209 e. The molecule has 2 aliphatic heterocycles. The molecule has 0 spiro atoms. The van der Waals surface area contributed by atoms with Crippen LogP contribution in [0.15, 0.2) is 210 Å². The minimum atomic E-state index is -0.118. The molecule has 298 valence electrons. The number of thioether (sulfide) groups is 1. The standard InChI is InChI=1S/C58H40N4S/c1-5-18-38(19-6-1)52-54-57(63-56(52)40-22-9-3-10-23-40)53(39-20-7-2-8-21-39)59-58(60-54)62-51-34-31-42(36-48(51)46-32-29-37-17-13-14-26-44(37)55(46)62)41-30-33-50-47(35-41)45-27-15-16-28-49(45)61(50)43-24-11-4-12-25-43/h1-14,16-26,28-36,54H,15,27H2,(H,59,60). The summed E-state index contributed by atoms with van der Waals surface area (Å²) in [4.78, 5) is 8.14. The summed E-state index contributed by atoms with van der Waals surface area (Å²) in [5.74, 6) is 0.818. The molecule has 1 aliphatic carbocycles. The van der Waals surface area contributed by atoms with Gasteiger partial charge in [-0.2, -0.15) is 0 Å². The molecule has 0 amide bonds. The van der Waals surface area contributed by atoms with E-state index >= 15 is 0 Å². The number of aryl methyl sites for hydroxylation is 1. The first-order valence-corrected chi connectivity index (χ1v) is 22.6. The Morgan fingerprint density at radius 2 is 1.16 bits per heavy atom. The van der Waals surface area contributed by atoms with Gasteiger partial charge in [0.15, 0.2) is 0 Å². The van der Waals surface area contributed by atoms with E-state index in [1.165, 1.54) is 87.0 Å². The van der Waals surface area contributed by atoms with Crippen LogP contribution in [0, 0.1) is 0 Å². The molecular formula is C58H40N4S. The summed E-state index contributed by atoms with van der Waals surface area (Å²) in [5, 5.41) is 10.2. The van der Waals surface area contributed by atoms with E-state index in [9.17, 15) is 0 Å². The molecule has 10 aromatic rings. The second-order valence-electron chi connectivity index (χ2n) is 16.6. The lowest BCUT2D eigenvalue weighted by atomic mass is 9.93. The van der Waals surface area contributed by atoms with Crippen LogP contribution in [-0.2, 0) is 6.42 Å². The molecule has 1 atom stereocenters. The van der Waals surface area contributed by atoms with Gasteiger partial charge in [0.1, 0.15) is 0 Å². The first-order valence-electron chi connectivity index (χ1n) is 21.8. The van der Waals surface area contributed by atoms with Gasteiger partial charge >= 0.3 is 0 Å². The van der Waals surface area contributed by atoms with Crippen LogP contribution in [0.5, 0.6) is 0 Å². The third-order valence-corrected chi connectivity index (χ3v) is 14.4. The van der Waals surface area contributed by atoms with Crippen LogP contribution >= 0.6 is 11.8 Å². The number of hydrogen-bond acceptors (Lipinski definition) is 3. The predicted molar refractivity (Wildman–Crippen MR) is 267 cm³/mol. The van der Waals surface area contributed by atoms with E-state index in [0.29, 0.717) is 0 Å². The van der Waals surface area contributed by atoms with Crippen molar-refractivity contribution >= 4 is 83.5 Å². The Labute approximate surface area is 369 Å². The molecule has 8 aromatic carbocycles. The van der Waals surface area contributed by atoms with Gasteiger partial charge in [-0.3, -0.25) is 4.57 Å². The van der Waals surface area contributed by atoms with E-state index in [4.69, 9.17) is 4.99 Å². The summed E-state index contributed by atoms with van der Waals surface area (Å²) < 4.78 is 4.83. The third-order valence-electron chi connectivity index (χ3n) is 13.1. The van der Waals surface area contributed by atoms with Crippen molar-refractivity contribution in [2.24, 2.45) is 4.99 Å². The van der Waals surface area contributed by atoms with Crippen molar-refractivity contribution in [1.29, 1.82) is 0 Å². The van der Waals surface area contributed by atoms with Gasteiger partial charge in [-0.05, 0) is 88.5 Å². The maximum atomic E-state index is 5.68. The lowest BCUT2D eigenvalue weighted by Gasteiger charge is -2.28. The zero-order valence-electron chi connectivity index (χ0n) is 34.4. The zero-order chi connectivity index (χ0) is 41.4. The highest BCUT2D eigenvalue weighted by atomic mass is 32.2. The van der Waals surface area contributed by atoms with Gasteiger partial charge in [0.05, 0.1) is 28.3 Å². The van der Waals surface area contributed by atoms with Crippen molar-refractivity contribution in [2.75, 3.05) is 0 Å². The molecule has 4 heterocycles. The number of aromatic nitrogens is 2. The monoisotopic (exact) mass is 824 g/mol. The summed E-state index contributed by atoms with van der Waals surface area (Å²) >= 11 is 1.85. The Morgan fingerprint density at radius 1 is 0.524 bits per heavy atom. The number of benzene rings is 8. The highest BCUT2D eigenvalue weighted by Crippen LogP contribution is 2.54. The Balaban J connectivity index is 1.03. The van der Waals surface area contributed by atoms with Gasteiger partial charge in [0.25, 0.3) is 0 Å². The van der Waals surface area contributed by atoms with Crippen LogP contribution in [0.1, 0.15) is 34.4 Å². The topological polar surface area (TPSA) is 34.2 Å². The Kier molecular flexibility index (Phi) is 8.31. The van der Waals surface area contributed by atoms with E-state index in [-0.39, 0.29) is 6.04 Å². The minimum absolute atomic E-state index is 0.118. The lowest BCUT2D eigenvalue weighted by molar-refractivity contribution is 0.849. The molecule has 63 heavy (non-hydrogen) atoms. The van der Waals surface area contributed by atoms with E-state index in [1.807, 2.05) is 11.8 Å². The molecule has 1 N–H and O–H groups in total. The molecular weight excluding hydrogens is 785 g/mol. The Hall–Kier alpha value is -7.60. The van der Waals surface area contributed by atoms with Crippen molar-refractivity contribution in [1.82, 2.24) is 14.5 Å². The number of hydrogen-bond donors (Lipinski definition) is 1. The van der Waals surface area contributed by atoms with Gasteiger partial charge in [-0.1, -0.05) is 176 Å². The number of allylic oxidation sites excluding steroid dienone is 1. The van der Waals surface area contributed by atoms with Gasteiger partial charge in [0.2, 0.25) is 5.96 Å². The molecule has 4 nitrogen and oxygen atoms in total. The number of nitrogens with zero attached hydrogens (tertiary/aromatic N) is 3. The average molecular weight is 825 g/mol. The van der Waals surface area contributed by atoms with Crippen LogP contribution in [0.2, 0.25) is 0 Å². The summed E-state index contributed by atoms with van der Waals surface area (Å²) in [5.41, 5.74) is 15.6. The van der Waals surface area contributed by atoms with Crippen LogP contribution in [-0.4, -0.2) is 21.1 Å². The SMILES string of the molecule is C1=Cc2c(c3cc(-c4ccc5c(c4)c4ccc6ccccc6c4n5C4=NC(c5ccccc5)=C5SC(c6ccccc6)=C(c6ccccc6)C5N4)ccc3n2-c2ccccc2)CC1. The summed E-state index contributed by atoms with van der Waals surface area (Å²) in [6.45, 7) is 0. The summed E-state index contributed by atoms with van der Waals surface area (Å²) in [6.07, 6.45) is 6.72. The van der Waals surface area contributed by atoms with Crippen LogP contribution in [0.3, 0.4) is 0 Å². The normalized spacial score (nSPS) is 15.9. The number of para-hydroxylation sites is 1. The second-order valence-corrected chi connectivity index (χ2v) is 17.7. The maximum absolute atomic E-state index is 5.68. The summed E-state index contributed by atoms with van der Waals surface area (Å²) in [6, 6.07) is 70.5. The molecule has 0 saturated carbocycles. The molecule has 0 radical (unpaired) electrons. The Bertz CT molecular complexity index is 3590. The van der Waals surface area contributed by atoms with Crippen molar-refractivity contribution in [3.8, 4) is 16.8 Å². The number of fused-ring (bicyclic) bond motifs is 9. The smallest absolute Gasteiger partial charge is 0.209 e. The van der Waals surface area contributed by atoms with Gasteiger partial charge in [-0.25, -0.2) is 4.99 Å². The van der Waals surface area contributed by atoms with E-state index < -0.39 is 0 Å². The molecule has 0 fully saturated rings. The van der Waals surface area contributed by atoms with Gasteiger partial charge in [0, 0.05) is 53.9 Å². The van der Waals surface area contributed by atoms with Crippen molar-refractivity contribution in [3.63, 3.8) is 0 Å². The summed E-state index contributed by atoms with van der Waals surface area (Å²) in [7, 11) is 0. The fraction of sp³-hybridized carbons (Fsp3) is 0.0517. The third kappa shape index (κ3) is 5.73. The highest BCUT2D eigenvalue weighted by molar-refractivity contribution is 8.12. The van der Waals surface area contributed by atoms with Gasteiger partial charge < -0.3 is 9.88 Å². The first kappa shape index (κ1) is 36.1. The van der Waals surface area contributed by atoms with E-state index in [0.717, 1.165) is 41.1 Å². The van der Waals surface area contributed by atoms with Crippen LogP contribution in [0.4, 0.5) is 0 Å². The van der Waals surface area contributed by atoms with Crippen molar-refractivity contribution in [3.05, 3.63) is 233 Å². The van der Waals surface area contributed by atoms with Crippen LogP contribution < -0.4 is 5.32 Å². The lowest BCUT2D eigenvalue weighted by Crippen LogP contribution is -2.42. The second kappa shape index (κ2) is 14.5. The number of rotatable bonds is 5.